The third kappa shape index (κ3) is 4.37. The van der Waals surface area contributed by atoms with Gasteiger partial charge in [0.15, 0.2) is 0 Å². The molecule has 1 amide bonds. The topological polar surface area (TPSA) is 47.0 Å². The van der Waals surface area contributed by atoms with Crippen molar-refractivity contribution < 1.29 is 9.90 Å². The molecule has 2 aliphatic rings. The molecule has 0 saturated carbocycles. The Balaban J connectivity index is 1.46. The normalized spacial score (nSPS) is 20.8. The Hall–Kier alpha value is -2.37. The largest absolute Gasteiger partial charge is 0.386 e. The maximum atomic E-state index is 13.2. The quantitative estimate of drug-likeness (QED) is 0.827. The monoisotopic (exact) mass is 407 g/mol. The van der Waals surface area contributed by atoms with Crippen LogP contribution in [0.15, 0.2) is 48.5 Å². The van der Waals surface area contributed by atoms with Gasteiger partial charge in [-0.25, -0.2) is 0 Å². The molecule has 0 aliphatic carbocycles. The summed E-state index contributed by atoms with van der Waals surface area (Å²) in [6.07, 6.45) is 1.67. The lowest BCUT2D eigenvalue weighted by atomic mass is 9.96. The first-order chi connectivity index (χ1) is 14.3. The second-order valence-corrected chi connectivity index (χ2v) is 9.20. The van der Waals surface area contributed by atoms with Crippen LogP contribution in [-0.2, 0) is 16.8 Å². The summed E-state index contributed by atoms with van der Waals surface area (Å²) >= 11 is 0. The molecular formula is C25H33N3O2. The van der Waals surface area contributed by atoms with Gasteiger partial charge in [-0.1, -0.05) is 30.3 Å². The van der Waals surface area contributed by atoms with Crippen molar-refractivity contribution in [3.63, 3.8) is 0 Å². The van der Waals surface area contributed by atoms with E-state index >= 15 is 0 Å². The van der Waals surface area contributed by atoms with Gasteiger partial charge >= 0.3 is 0 Å². The summed E-state index contributed by atoms with van der Waals surface area (Å²) in [4.78, 5) is 19.9. The van der Waals surface area contributed by atoms with Gasteiger partial charge in [0.25, 0.3) is 0 Å². The number of carbonyl (C=O) groups is 1. The lowest BCUT2D eigenvalue weighted by molar-refractivity contribution is -0.120. The number of hydrogen-bond acceptors (Lipinski definition) is 4. The van der Waals surface area contributed by atoms with Crippen LogP contribution in [0.2, 0.25) is 0 Å². The molecule has 2 heterocycles. The molecular weight excluding hydrogens is 374 g/mol. The Morgan fingerprint density at radius 3 is 2.30 bits per heavy atom. The van der Waals surface area contributed by atoms with Crippen molar-refractivity contribution in [2.45, 2.75) is 32.3 Å². The highest BCUT2D eigenvalue weighted by Crippen LogP contribution is 2.32. The summed E-state index contributed by atoms with van der Waals surface area (Å²) in [5.41, 5.74) is 3.47. The fraction of sp³-hybridized carbons (Fsp3) is 0.480. The van der Waals surface area contributed by atoms with Gasteiger partial charge in [-0.15, -0.1) is 0 Å². The van der Waals surface area contributed by atoms with Crippen LogP contribution in [-0.4, -0.2) is 55.7 Å². The fourth-order valence-corrected chi connectivity index (χ4v) is 4.54. The van der Waals surface area contributed by atoms with E-state index in [2.05, 4.69) is 41.1 Å². The highest BCUT2D eigenvalue weighted by Gasteiger charge is 2.33. The van der Waals surface area contributed by atoms with Gasteiger partial charge < -0.3 is 19.8 Å². The third-order valence-corrected chi connectivity index (χ3v) is 6.50. The molecule has 5 nitrogen and oxygen atoms in total. The summed E-state index contributed by atoms with van der Waals surface area (Å²) in [5, 5.41) is 10.2. The van der Waals surface area contributed by atoms with Crippen LogP contribution in [0.5, 0.6) is 0 Å². The molecule has 1 N–H and O–H groups in total. The first-order valence-corrected chi connectivity index (χ1v) is 11.0. The minimum absolute atomic E-state index is 0.0209. The van der Waals surface area contributed by atoms with Crippen molar-refractivity contribution in [3.05, 3.63) is 59.7 Å². The zero-order chi connectivity index (χ0) is 21.3. The molecule has 2 saturated heterocycles. The minimum atomic E-state index is -0.872. The van der Waals surface area contributed by atoms with E-state index in [0.29, 0.717) is 0 Å². The molecule has 5 heteroatoms. The van der Waals surface area contributed by atoms with E-state index in [-0.39, 0.29) is 11.8 Å². The number of rotatable bonds is 5. The molecule has 2 aromatic rings. The van der Waals surface area contributed by atoms with Crippen molar-refractivity contribution in [2.75, 3.05) is 49.6 Å². The number of piperazine rings is 1. The number of amides is 1. The Morgan fingerprint density at radius 2 is 1.63 bits per heavy atom. The molecule has 1 atom stereocenters. The first-order valence-electron chi connectivity index (χ1n) is 11.0. The predicted octanol–water partition coefficient (Wildman–Crippen LogP) is 3.26. The molecule has 30 heavy (non-hydrogen) atoms. The van der Waals surface area contributed by atoms with Crippen LogP contribution in [0.4, 0.5) is 11.4 Å². The Morgan fingerprint density at radius 1 is 0.967 bits per heavy atom. The van der Waals surface area contributed by atoms with E-state index < -0.39 is 5.60 Å². The maximum Gasteiger partial charge on any atom is 0.230 e. The number of aliphatic hydroxyl groups is 1. The lowest BCUT2D eigenvalue weighted by Gasteiger charge is -2.35. The van der Waals surface area contributed by atoms with Gasteiger partial charge in [0, 0.05) is 50.0 Å². The maximum absolute atomic E-state index is 13.2. The van der Waals surface area contributed by atoms with Crippen LogP contribution >= 0.6 is 0 Å². The number of likely N-dealkylation sites (N-methyl/N-ethyl adjacent to an activating group) is 1. The average molecular weight is 408 g/mol. The predicted molar refractivity (Wildman–Crippen MR) is 122 cm³/mol. The Bertz CT molecular complexity index is 880. The summed E-state index contributed by atoms with van der Waals surface area (Å²) in [7, 11) is 2.17. The van der Waals surface area contributed by atoms with Crippen molar-refractivity contribution in [3.8, 4) is 0 Å². The van der Waals surface area contributed by atoms with Gasteiger partial charge in [0.2, 0.25) is 5.91 Å². The second kappa shape index (κ2) is 8.40. The minimum Gasteiger partial charge on any atom is -0.386 e. The van der Waals surface area contributed by atoms with Gasteiger partial charge in [0.1, 0.15) is 0 Å². The number of hydrogen-bond donors (Lipinski definition) is 1. The summed E-state index contributed by atoms with van der Waals surface area (Å²) in [6, 6.07) is 16.3. The second-order valence-electron chi connectivity index (χ2n) is 9.20. The average Bonchev–Trinajstić information content (AvgIpc) is 3.09. The van der Waals surface area contributed by atoms with E-state index in [0.717, 1.165) is 56.8 Å². The SMILES string of the molecule is CN1CCN(c2ccccc2C[C@H]2CCN(c3ccc(C(C)(C)O)cc3)C2=O)CC1. The van der Waals surface area contributed by atoms with Crippen molar-refractivity contribution >= 4 is 17.3 Å². The highest BCUT2D eigenvalue weighted by molar-refractivity contribution is 5.97. The molecule has 0 radical (unpaired) electrons. The molecule has 2 fully saturated rings. The van der Waals surface area contributed by atoms with E-state index in [1.807, 2.05) is 29.2 Å². The van der Waals surface area contributed by atoms with Crippen molar-refractivity contribution in [2.24, 2.45) is 5.92 Å². The molecule has 0 bridgehead atoms. The van der Waals surface area contributed by atoms with Crippen molar-refractivity contribution in [1.29, 1.82) is 0 Å². The number of benzene rings is 2. The van der Waals surface area contributed by atoms with E-state index in [9.17, 15) is 9.90 Å². The summed E-state index contributed by atoms with van der Waals surface area (Å²) < 4.78 is 0. The lowest BCUT2D eigenvalue weighted by Crippen LogP contribution is -2.44. The van der Waals surface area contributed by atoms with Crippen LogP contribution in [0.1, 0.15) is 31.4 Å². The van der Waals surface area contributed by atoms with Crippen LogP contribution in [0.3, 0.4) is 0 Å². The molecule has 0 unspecified atom stereocenters. The molecule has 4 rings (SSSR count). The molecule has 0 aromatic heterocycles. The highest BCUT2D eigenvalue weighted by atomic mass is 16.3. The van der Waals surface area contributed by atoms with Gasteiger partial charge in [0.05, 0.1) is 5.60 Å². The zero-order valence-electron chi connectivity index (χ0n) is 18.3. The van der Waals surface area contributed by atoms with Crippen LogP contribution in [0.25, 0.3) is 0 Å². The summed E-state index contributed by atoms with van der Waals surface area (Å²) in [5.74, 6) is 0.228. The molecule has 160 valence electrons. The smallest absolute Gasteiger partial charge is 0.230 e. The Kier molecular flexibility index (Phi) is 5.85. The van der Waals surface area contributed by atoms with Crippen LogP contribution < -0.4 is 9.80 Å². The van der Waals surface area contributed by atoms with E-state index in [4.69, 9.17) is 0 Å². The van der Waals surface area contributed by atoms with Crippen molar-refractivity contribution in [1.82, 2.24) is 4.90 Å². The fourth-order valence-electron chi connectivity index (χ4n) is 4.54. The number of anilines is 2. The van der Waals surface area contributed by atoms with E-state index in [1.165, 1.54) is 11.3 Å². The molecule has 2 aliphatic heterocycles. The van der Waals surface area contributed by atoms with Gasteiger partial charge in [-0.3, -0.25) is 4.79 Å². The third-order valence-electron chi connectivity index (χ3n) is 6.50. The number of nitrogens with zero attached hydrogens (tertiary/aromatic N) is 3. The standard InChI is InChI=1S/C25H33N3O2/c1-25(2,30)21-8-10-22(11-9-21)28-13-12-20(24(28)29)18-19-6-4-5-7-23(19)27-16-14-26(3)15-17-27/h4-11,20,30H,12-18H2,1-3H3/t20-/m1/s1. The van der Waals surface area contributed by atoms with E-state index in [1.54, 1.807) is 13.8 Å². The van der Waals surface area contributed by atoms with Gasteiger partial charge in [-0.05, 0) is 63.1 Å². The number of carbonyl (C=O) groups excluding carboxylic acids is 1. The molecule has 2 aromatic carbocycles. The first kappa shape index (κ1) is 20.9. The molecule has 0 spiro atoms. The van der Waals surface area contributed by atoms with Gasteiger partial charge in [-0.2, -0.15) is 0 Å². The number of para-hydroxylation sites is 1. The zero-order valence-corrected chi connectivity index (χ0v) is 18.3. The summed E-state index contributed by atoms with van der Waals surface area (Å²) in [6.45, 7) is 8.52. The Labute approximate surface area is 179 Å². The van der Waals surface area contributed by atoms with Crippen LogP contribution in [0, 0.1) is 5.92 Å².